The standard InChI is InChI=1S/C18H24N2O/c1-5-18(3,4)14-10-12-15(13-11-14)21-17-9-7-8-16(20-17)19-6-2/h7-13H,5-6H2,1-4H3,(H,19,20). The number of anilines is 1. The summed E-state index contributed by atoms with van der Waals surface area (Å²) in [5.74, 6) is 2.25. The summed E-state index contributed by atoms with van der Waals surface area (Å²) in [6, 6.07) is 14.0. The van der Waals surface area contributed by atoms with Gasteiger partial charge in [0.15, 0.2) is 0 Å². The van der Waals surface area contributed by atoms with Crippen LogP contribution < -0.4 is 10.1 Å². The van der Waals surface area contributed by atoms with Crippen LogP contribution in [0.2, 0.25) is 0 Å². The molecule has 0 aliphatic rings. The van der Waals surface area contributed by atoms with Crippen LogP contribution in [0.5, 0.6) is 11.6 Å². The van der Waals surface area contributed by atoms with E-state index in [1.54, 1.807) is 0 Å². The highest BCUT2D eigenvalue weighted by Crippen LogP contribution is 2.29. The first-order valence-electron chi connectivity index (χ1n) is 7.54. The van der Waals surface area contributed by atoms with Crippen molar-refractivity contribution < 1.29 is 4.74 Å². The Labute approximate surface area is 127 Å². The summed E-state index contributed by atoms with van der Waals surface area (Å²) >= 11 is 0. The SMILES string of the molecule is CCNc1cccc(Oc2ccc(C(C)(C)CC)cc2)n1. The largest absolute Gasteiger partial charge is 0.439 e. The second kappa shape index (κ2) is 6.61. The Balaban J connectivity index is 2.11. The number of rotatable bonds is 6. The van der Waals surface area contributed by atoms with Crippen LogP contribution in [0.1, 0.15) is 39.7 Å². The van der Waals surface area contributed by atoms with Gasteiger partial charge in [-0.3, -0.25) is 0 Å². The average molecular weight is 284 g/mol. The molecule has 1 aromatic carbocycles. The van der Waals surface area contributed by atoms with E-state index in [9.17, 15) is 0 Å². The molecule has 0 unspecified atom stereocenters. The van der Waals surface area contributed by atoms with Gasteiger partial charge in [0, 0.05) is 12.6 Å². The van der Waals surface area contributed by atoms with Crippen molar-refractivity contribution in [2.45, 2.75) is 39.5 Å². The van der Waals surface area contributed by atoms with Gasteiger partial charge in [-0.05, 0) is 42.5 Å². The van der Waals surface area contributed by atoms with Crippen LogP contribution in [0.3, 0.4) is 0 Å². The van der Waals surface area contributed by atoms with Crippen LogP contribution in [0.25, 0.3) is 0 Å². The van der Waals surface area contributed by atoms with Gasteiger partial charge < -0.3 is 10.1 Å². The van der Waals surface area contributed by atoms with Crippen molar-refractivity contribution >= 4 is 5.82 Å². The number of aromatic nitrogens is 1. The molecule has 0 aliphatic heterocycles. The third kappa shape index (κ3) is 3.97. The summed E-state index contributed by atoms with van der Waals surface area (Å²) in [4.78, 5) is 4.41. The summed E-state index contributed by atoms with van der Waals surface area (Å²) in [6.07, 6.45) is 1.11. The van der Waals surface area contributed by atoms with Gasteiger partial charge in [0.25, 0.3) is 0 Å². The normalized spacial score (nSPS) is 11.2. The molecule has 0 aliphatic carbocycles. The van der Waals surface area contributed by atoms with E-state index in [2.05, 4.69) is 43.2 Å². The number of ether oxygens (including phenoxy) is 1. The molecule has 2 aromatic rings. The fraction of sp³-hybridized carbons (Fsp3) is 0.389. The number of benzene rings is 1. The fourth-order valence-corrected chi connectivity index (χ4v) is 2.05. The number of nitrogens with one attached hydrogen (secondary N) is 1. The van der Waals surface area contributed by atoms with Crippen molar-refractivity contribution in [3.05, 3.63) is 48.0 Å². The number of nitrogens with zero attached hydrogens (tertiary/aromatic N) is 1. The zero-order chi connectivity index (χ0) is 15.3. The van der Waals surface area contributed by atoms with Crippen molar-refractivity contribution in [2.24, 2.45) is 0 Å². The third-order valence-corrected chi connectivity index (χ3v) is 3.82. The van der Waals surface area contributed by atoms with E-state index < -0.39 is 0 Å². The van der Waals surface area contributed by atoms with E-state index in [-0.39, 0.29) is 5.41 Å². The zero-order valence-electron chi connectivity index (χ0n) is 13.3. The van der Waals surface area contributed by atoms with Crippen LogP contribution in [0.15, 0.2) is 42.5 Å². The first kappa shape index (κ1) is 15.4. The maximum atomic E-state index is 5.82. The second-order valence-corrected chi connectivity index (χ2v) is 5.76. The van der Waals surface area contributed by atoms with Gasteiger partial charge in [0.05, 0.1) is 0 Å². The molecule has 0 saturated heterocycles. The van der Waals surface area contributed by atoms with Crippen molar-refractivity contribution in [3.8, 4) is 11.6 Å². The van der Waals surface area contributed by atoms with Gasteiger partial charge in [0.1, 0.15) is 11.6 Å². The minimum absolute atomic E-state index is 0.196. The van der Waals surface area contributed by atoms with Gasteiger partial charge in [-0.25, -0.2) is 0 Å². The molecule has 0 atom stereocenters. The Hall–Kier alpha value is -2.03. The summed E-state index contributed by atoms with van der Waals surface area (Å²) in [6.45, 7) is 9.61. The molecule has 112 valence electrons. The molecule has 21 heavy (non-hydrogen) atoms. The van der Waals surface area contributed by atoms with Crippen molar-refractivity contribution in [3.63, 3.8) is 0 Å². The molecule has 1 N–H and O–H groups in total. The van der Waals surface area contributed by atoms with Crippen LogP contribution in [-0.4, -0.2) is 11.5 Å². The lowest BCUT2D eigenvalue weighted by molar-refractivity contribution is 0.461. The first-order chi connectivity index (χ1) is 10.0. The maximum Gasteiger partial charge on any atom is 0.221 e. The van der Waals surface area contributed by atoms with E-state index in [1.807, 2.05) is 37.3 Å². The molecule has 2 rings (SSSR count). The van der Waals surface area contributed by atoms with Gasteiger partial charge in [-0.2, -0.15) is 4.98 Å². The van der Waals surface area contributed by atoms with E-state index in [4.69, 9.17) is 4.74 Å². The first-order valence-corrected chi connectivity index (χ1v) is 7.54. The van der Waals surface area contributed by atoms with Gasteiger partial charge in [-0.15, -0.1) is 0 Å². The van der Waals surface area contributed by atoms with E-state index in [0.29, 0.717) is 5.88 Å². The van der Waals surface area contributed by atoms with Crippen molar-refractivity contribution in [2.75, 3.05) is 11.9 Å². The maximum absolute atomic E-state index is 5.82. The molecule has 0 fully saturated rings. The predicted molar refractivity (Wildman–Crippen MR) is 88.2 cm³/mol. The number of hydrogen-bond donors (Lipinski definition) is 1. The lowest BCUT2D eigenvalue weighted by Crippen LogP contribution is -2.14. The second-order valence-electron chi connectivity index (χ2n) is 5.76. The van der Waals surface area contributed by atoms with Crippen LogP contribution in [0.4, 0.5) is 5.82 Å². The van der Waals surface area contributed by atoms with Crippen LogP contribution >= 0.6 is 0 Å². The number of hydrogen-bond acceptors (Lipinski definition) is 3. The Morgan fingerprint density at radius 3 is 2.38 bits per heavy atom. The van der Waals surface area contributed by atoms with E-state index in [1.165, 1.54) is 5.56 Å². The summed E-state index contributed by atoms with van der Waals surface area (Å²) < 4.78 is 5.82. The topological polar surface area (TPSA) is 34.1 Å². The quantitative estimate of drug-likeness (QED) is 0.811. The Kier molecular flexibility index (Phi) is 4.84. The molecule has 3 nitrogen and oxygen atoms in total. The molecule has 0 saturated carbocycles. The third-order valence-electron chi connectivity index (χ3n) is 3.82. The summed E-state index contributed by atoms with van der Waals surface area (Å²) in [5.41, 5.74) is 1.52. The monoisotopic (exact) mass is 284 g/mol. The van der Waals surface area contributed by atoms with Crippen molar-refractivity contribution in [1.82, 2.24) is 4.98 Å². The lowest BCUT2D eigenvalue weighted by Gasteiger charge is -2.23. The molecule has 0 spiro atoms. The molecular weight excluding hydrogens is 260 g/mol. The smallest absolute Gasteiger partial charge is 0.221 e. The minimum atomic E-state index is 0.196. The predicted octanol–water partition coefficient (Wildman–Crippen LogP) is 4.99. The highest BCUT2D eigenvalue weighted by atomic mass is 16.5. The van der Waals surface area contributed by atoms with E-state index >= 15 is 0 Å². The van der Waals surface area contributed by atoms with Crippen LogP contribution in [-0.2, 0) is 5.41 Å². The van der Waals surface area contributed by atoms with E-state index in [0.717, 1.165) is 24.5 Å². The fourth-order valence-electron chi connectivity index (χ4n) is 2.05. The minimum Gasteiger partial charge on any atom is -0.439 e. The Bertz CT molecular complexity index is 576. The van der Waals surface area contributed by atoms with Crippen molar-refractivity contribution in [1.29, 1.82) is 0 Å². The molecule has 1 aromatic heterocycles. The van der Waals surface area contributed by atoms with Crippen LogP contribution in [0, 0.1) is 0 Å². The molecule has 0 bridgehead atoms. The molecule has 1 heterocycles. The number of pyridine rings is 1. The summed E-state index contributed by atoms with van der Waals surface area (Å²) in [7, 11) is 0. The summed E-state index contributed by atoms with van der Waals surface area (Å²) in [5, 5.41) is 3.18. The zero-order valence-corrected chi connectivity index (χ0v) is 13.3. The molecular formula is C18H24N2O. The molecule has 0 amide bonds. The Morgan fingerprint density at radius 2 is 1.76 bits per heavy atom. The van der Waals surface area contributed by atoms with Gasteiger partial charge in [0.2, 0.25) is 5.88 Å². The lowest BCUT2D eigenvalue weighted by atomic mass is 9.82. The van der Waals surface area contributed by atoms with Gasteiger partial charge >= 0.3 is 0 Å². The average Bonchev–Trinajstić information content (AvgIpc) is 2.48. The molecule has 3 heteroatoms. The Morgan fingerprint density at radius 1 is 1.05 bits per heavy atom. The molecule has 0 radical (unpaired) electrons. The highest BCUT2D eigenvalue weighted by molar-refractivity contribution is 5.39. The highest BCUT2D eigenvalue weighted by Gasteiger charge is 2.17. The van der Waals surface area contributed by atoms with Gasteiger partial charge in [-0.1, -0.05) is 39.0 Å².